The zero-order valence-electron chi connectivity index (χ0n) is 9.12. The fourth-order valence-corrected chi connectivity index (χ4v) is 1.46. The van der Waals surface area contributed by atoms with Gasteiger partial charge in [0, 0.05) is 11.1 Å². The molecule has 4 N–H and O–H groups in total. The van der Waals surface area contributed by atoms with E-state index in [-0.39, 0.29) is 5.91 Å². The van der Waals surface area contributed by atoms with Crippen molar-refractivity contribution in [1.29, 1.82) is 0 Å². The zero-order valence-corrected chi connectivity index (χ0v) is 9.88. The molecular formula is C11H11ClN4O. The molecule has 0 radical (unpaired) electrons. The molecule has 0 bridgehead atoms. The number of nitrogens with zero attached hydrogens (tertiary/aromatic N) is 1. The molecule has 0 saturated heterocycles. The average molecular weight is 251 g/mol. The van der Waals surface area contributed by atoms with Crippen molar-refractivity contribution in [2.75, 3.05) is 11.1 Å². The van der Waals surface area contributed by atoms with Crippen LogP contribution in [0.2, 0.25) is 5.02 Å². The summed E-state index contributed by atoms with van der Waals surface area (Å²) < 4.78 is 0. The monoisotopic (exact) mass is 250 g/mol. The number of aromatic nitrogens is 2. The first-order valence-electron chi connectivity index (χ1n) is 4.94. The maximum atomic E-state index is 11.9. The van der Waals surface area contributed by atoms with E-state index in [1.165, 1.54) is 6.07 Å². The van der Waals surface area contributed by atoms with Crippen molar-refractivity contribution < 1.29 is 4.79 Å². The van der Waals surface area contributed by atoms with Crippen LogP contribution in [0.15, 0.2) is 24.4 Å². The number of aromatic amines is 1. The van der Waals surface area contributed by atoms with Crippen LogP contribution >= 0.6 is 11.6 Å². The molecule has 0 unspecified atom stereocenters. The van der Waals surface area contributed by atoms with E-state index < -0.39 is 0 Å². The summed E-state index contributed by atoms with van der Waals surface area (Å²) in [6.07, 6.45) is 1.63. The molecule has 0 aliphatic rings. The number of carbonyl (C=O) groups is 1. The number of nitrogens with two attached hydrogens (primary N) is 1. The Kier molecular flexibility index (Phi) is 3.01. The maximum Gasteiger partial charge on any atom is 0.256 e. The van der Waals surface area contributed by atoms with Crippen LogP contribution in [0.25, 0.3) is 0 Å². The molecule has 5 nitrogen and oxygen atoms in total. The Hall–Kier alpha value is -2.01. The molecule has 0 saturated carbocycles. The van der Waals surface area contributed by atoms with Gasteiger partial charge in [-0.15, -0.1) is 0 Å². The van der Waals surface area contributed by atoms with Crippen LogP contribution in [0.3, 0.4) is 0 Å². The van der Waals surface area contributed by atoms with Gasteiger partial charge >= 0.3 is 0 Å². The summed E-state index contributed by atoms with van der Waals surface area (Å²) in [5.41, 5.74) is 7.31. The molecule has 88 valence electrons. The summed E-state index contributed by atoms with van der Waals surface area (Å²) in [4.78, 5) is 11.9. The maximum absolute atomic E-state index is 11.9. The number of hydrogen-bond acceptors (Lipinski definition) is 3. The number of aryl methyl sites for hydroxylation is 1. The quantitative estimate of drug-likeness (QED) is 0.715. The Balaban J connectivity index is 2.20. The Morgan fingerprint density at radius 2 is 2.29 bits per heavy atom. The third-order valence-electron chi connectivity index (χ3n) is 2.33. The number of nitrogens with one attached hydrogen (secondary N) is 2. The Morgan fingerprint density at radius 3 is 2.88 bits per heavy atom. The van der Waals surface area contributed by atoms with Crippen molar-refractivity contribution in [3.63, 3.8) is 0 Å². The highest BCUT2D eigenvalue weighted by molar-refractivity contribution is 6.33. The van der Waals surface area contributed by atoms with Crippen LogP contribution in [0, 0.1) is 6.92 Å². The normalized spacial score (nSPS) is 10.2. The highest BCUT2D eigenvalue weighted by Crippen LogP contribution is 2.20. The first-order chi connectivity index (χ1) is 8.08. The Labute approximate surface area is 103 Å². The van der Waals surface area contributed by atoms with Gasteiger partial charge in [0.1, 0.15) is 5.82 Å². The van der Waals surface area contributed by atoms with Gasteiger partial charge in [-0.25, -0.2) is 0 Å². The number of H-pyrrole nitrogens is 1. The van der Waals surface area contributed by atoms with Gasteiger partial charge in [-0.05, 0) is 25.1 Å². The minimum Gasteiger partial charge on any atom is -0.398 e. The van der Waals surface area contributed by atoms with Crippen LogP contribution < -0.4 is 11.1 Å². The van der Waals surface area contributed by atoms with Gasteiger partial charge in [-0.1, -0.05) is 11.6 Å². The largest absolute Gasteiger partial charge is 0.398 e. The van der Waals surface area contributed by atoms with E-state index in [1.54, 1.807) is 18.3 Å². The third kappa shape index (κ3) is 2.39. The summed E-state index contributed by atoms with van der Waals surface area (Å²) in [5, 5.41) is 9.63. The van der Waals surface area contributed by atoms with Crippen molar-refractivity contribution >= 4 is 29.0 Å². The SMILES string of the molecule is Cc1cn[nH]c1NC(=O)c1ccc(Cl)c(N)c1. The number of amides is 1. The molecule has 0 aliphatic carbocycles. The minimum atomic E-state index is -0.263. The second kappa shape index (κ2) is 4.47. The van der Waals surface area contributed by atoms with Crippen molar-refractivity contribution in [1.82, 2.24) is 10.2 Å². The van der Waals surface area contributed by atoms with E-state index >= 15 is 0 Å². The number of halogens is 1. The highest BCUT2D eigenvalue weighted by atomic mass is 35.5. The van der Waals surface area contributed by atoms with Gasteiger partial charge in [-0.3, -0.25) is 9.89 Å². The molecule has 6 heteroatoms. The summed E-state index contributed by atoms with van der Waals surface area (Å²) in [5.74, 6) is 0.309. The van der Waals surface area contributed by atoms with Crippen molar-refractivity contribution in [3.8, 4) is 0 Å². The van der Waals surface area contributed by atoms with Gasteiger partial charge in [0.05, 0.1) is 16.9 Å². The lowest BCUT2D eigenvalue weighted by molar-refractivity contribution is 0.102. The minimum absolute atomic E-state index is 0.263. The second-order valence-electron chi connectivity index (χ2n) is 3.62. The lowest BCUT2D eigenvalue weighted by Crippen LogP contribution is -2.13. The first-order valence-corrected chi connectivity index (χ1v) is 5.32. The van der Waals surface area contributed by atoms with E-state index in [0.717, 1.165) is 5.56 Å². The summed E-state index contributed by atoms with van der Waals surface area (Å²) in [6.45, 7) is 1.84. The lowest BCUT2D eigenvalue weighted by atomic mass is 10.2. The Bertz CT molecular complexity index is 564. The van der Waals surface area contributed by atoms with Crippen LogP contribution in [0.5, 0.6) is 0 Å². The van der Waals surface area contributed by atoms with Crippen LogP contribution in [-0.2, 0) is 0 Å². The fraction of sp³-hybridized carbons (Fsp3) is 0.0909. The standard InChI is InChI=1S/C11H11ClN4O/c1-6-5-14-16-10(6)15-11(17)7-2-3-8(12)9(13)4-7/h2-5H,13H2,1H3,(H2,14,15,16,17). The smallest absolute Gasteiger partial charge is 0.256 e. The molecule has 0 atom stereocenters. The van der Waals surface area contributed by atoms with Crippen molar-refractivity contribution in [2.45, 2.75) is 6.92 Å². The predicted octanol–water partition coefficient (Wildman–Crippen LogP) is 2.21. The summed E-state index contributed by atoms with van der Waals surface area (Å²) >= 11 is 5.78. The molecular weight excluding hydrogens is 240 g/mol. The van der Waals surface area contributed by atoms with Crippen molar-refractivity contribution in [3.05, 3.63) is 40.5 Å². The summed E-state index contributed by atoms with van der Waals surface area (Å²) in [7, 11) is 0. The predicted molar refractivity (Wildman–Crippen MR) is 67.1 cm³/mol. The van der Waals surface area contributed by atoms with Crippen LogP contribution in [0.1, 0.15) is 15.9 Å². The van der Waals surface area contributed by atoms with E-state index in [0.29, 0.717) is 22.1 Å². The number of nitrogen functional groups attached to an aromatic ring is 1. The summed E-state index contributed by atoms with van der Waals surface area (Å²) in [6, 6.07) is 4.73. The number of rotatable bonds is 2. The lowest BCUT2D eigenvalue weighted by Gasteiger charge is -2.05. The molecule has 1 aromatic heterocycles. The van der Waals surface area contributed by atoms with Gasteiger partial charge < -0.3 is 11.1 Å². The molecule has 0 fully saturated rings. The second-order valence-corrected chi connectivity index (χ2v) is 4.03. The third-order valence-corrected chi connectivity index (χ3v) is 2.67. The zero-order chi connectivity index (χ0) is 12.4. The van der Waals surface area contributed by atoms with Gasteiger partial charge in [0.25, 0.3) is 5.91 Å². The molecule has 1 aromatic carbocycles. The molecule has 17 heavy (non-hydrogen) atoms. The topological polar surface area (TPSA) is 83.8 Å². The van der Waals surface area contributed by atoms with E-state index in [1.807, 2.05) is 6.92 Å². The number of anilines is 2. The molecule has 1 amide bonds. The molecule has 2 aromatic rings. The number of carbonyl (C=O) groups excluding carboxylic acids is 1. The van der Waals surface area contributed by atoms with E-state index in [9.17, 15) is 4.79 Å². The molecule has 0 aliphatic heterocycles. The number of benzene rings is 1. The highest BCUT2D eigenvalue weighted by Gasteiger charge is 2.10. The molecule has 2 rings (SSSR count). The molecule has 1 heterocycles. The first kappa shape index (κ1) is 11.5. The Morgan fingerprint density at radius 1 is 1.53 bits per heavy atom. The van der Waals surface area contributed by atoms with Crippen molar-refractivity contribution in [2.24, 2.45) is 0 Å². The molecule has 0 spiro atoms. The van der Waals surface area contributed by atoms with Gasteiger partial charge in [0.2, 0.25) is 0 Å². The van der Waals surface area contributed by atoms with Gasteiger partial charge in [0.15, 0.2) is 0 Å². The number of hydrogen-bond donors (Lipinski definition) is 3. The van der Waals surface area contributed by atoms with E-state index in [4.69, 9.17) is 17.3 Å². The average Bonchev–Trinajstić information content (AvgIpc) is 2.68. The fourth-order valence-electron chi connectivity index (χ4n) is 1.34. The van der Waals surface area contributed by atoms with Gasteiger partial charge in [-0.2, -0.15) is 5.10 Å². The van der Waals surface area contributed by atoms with Crippen LogP contribution in [0.4, 0.5) is 11.5 Å². The van der Waals surface area contributed by atoms with Crippen LogP contribution in [-0.4, -0.2) is 16.1 Å². The van der Waals surface area contributed by atoms with E-state index in [2.05, 4.69) is 15.5 Å².